The van der Waals surface area contributed by atoms with Crippen molar-refractivity contribution < 1.29 is 8.42 Å². The molecule has 0 spiro atoms. The maximum atomic E-state index is 12.2. The summed E-state index contributed by atoms with van der Waals surface area (Å²) >= 11 is 4.47. The fourth-order valence-electron chi connectivity index (χ4n) is 1.57. The van der Waals surface area contributed by atoms with Gasteiger partial charge >= 0.3 is 0 Å². The summed E-state index contributed by atoms with van der Waals surface area (Å²) in [7, 11) is -3.57. The van der Waals surface area contributed by atoms with E-state index in [1.807, 2.05) is 13.0 Å². The third kappa shape index (κ3) is 2.90. The van der Waals surface area contributed by atoms with E-state index in [-0.39, 0.29) is 4.90 Å². The number of hydrogen-bond acceptors (Lipinski definition) is 4. The van der Waals surface area contributed by atoms with Crippen LogP contribution in [0.15, 0.2) is 33.1 Å². The van der Waals surface area contributed by atoms with Crippen LogP contribution >= 0.6 is 27.3 Å². The van der Waals surface area contributed by atoms with E-state index in [2.05, 4.69) is 25.6 Å². The summed E-state index contributed by atoms with van der Waals surface area (Å²) in [5.74, 6) is 0. The van der Waals surface area contributed by atoms with Crippen LogP contribution in [0.2, 0.25) is 0 Å². The SMILES string of the molecule is Cc1ccc(S(=O)(=O)Nc2ncc(Br)s2)c(C)c1. The van der Waals surface area contributed by atoms with E-state index in [0.29, 0.717) is 5.13 Å². The monoisotopic (exact) mass is 346 g/mol. The maximum Gasteiger partial charge on any atom is 0.263 e. The minimum absolute atomic E-state index is 0.277. The highest BCUT2D eigenvalue weighted by Crippen LogP contribution is 2.26. The van der Waals surface area contributed by atoms with E-state index in [1.165, 1.54) is 11.3 Å². The summed E-state index contributed by atoms with van der Waals surface area (Å²) in [4.78, 5) is 4.23. The molecule has 18 heavy (non-hydrogen) atoms. The predicted molar refractivity (Wildman–Crippen MR) is 76.5 cm³/mol. The first kappa shape index (κ1) is 13.5. The van der Waals surface area contributed by atoms with Crippen molar-refractivity contribution in [2.24, 2.45) is 0 Å². The van der Waals surface area contributed by atoms with Crippen molar-refractivity contribution in [1.29, 1.82) is 0 Å². The quantitative estimate of drug-likeness (QED) is 0.927. The van der Waals surface area contributed by atoms with E-state index in [0.717, 1.165) is 14.9 Å². The van der Waals surface area contributed by atoms with Gasteiger partial charge in [-0.1, -0.05) is 29.0 Å². The van der Waals surface area contributed by atoms with Crippen LogP contribution in [0.25, 0.3) is 0 Å². The molecule has 0 saturated carbocycles. The lowest BCUT2D eigenvalue weighted by Gasteiger charge is -2.08. The summed E-state index contributed by atoms with van der Waals surface area (Å²) in [5.41, 5.74) is 1.75. The van der Waals surface area contributed by atoms with Crippen molar-refractivity contribution in [3.05, 3.63) is 39.3 Å². The van der Waals surface area contributed by atoms with Gasteiger partial charge in [0, 0.05) is 0 Å². The second-order valence-electron chi connectivity index (χ2n) is 3.84. The molecule has 0 fully saturated rings. The van der Waals surface area contributed by atoms with Crippen LogP contribution in [0, 0.1) is 13.8 Å². The van der Waals surface area contributed by atoms with Crippen LogP contribution in [0.4, 0.5) is 5.13 Å². The van der Waals surface area contributed by atoms with Gasteiger partial charge in [-0.2, -0.15) is 0 Å². The van der Waals surface area contributed by atoms with Crippen molar-refractivity contribution in [1.82, 2.24) is 4.98 Å². The van der Waals surface area contributed by atoms with Crippen LogP contribution in [0.1, 0.15) is 11.1 Å². The standard InChI is InChI=1S/C11H11BrN2O2S2/c1-7-3-4-9(8(2)5-7)18(15,16)14-11-13-6-10(12)17-11/h3-6H,1-2H3,(H,13,14). The Bertz CT molecular complexity index is 680. The molecule has 0 unspecified atom stereocenters. The van der Waals surface area contributed by atoms with E-state index >= 15 is 0 Å². The van der Waals surface area contributed by atoms with Crippen molar-refractivity contribution in [3.8, 4) is 0 Å². The molecule has 1 heterocycles. The molecule has 96 valence electrons. The lowest BCUT2D eigenvalue weighted by molar-refractivity contribution is 0.600. The third-order valence-electron chi connectivity index (χ3n) is 2.32. The fraction of sp³-hybridized carbons (Fsp3) is 0.182. The van der Waals surface area contributed by atoms with Gasteiger partial charge in [-0.15, -0.1) is 0 Å². The van der Waals surface area contributed by atoms with Gasteiger partial charge in [0.15, 0.2) is 5.13 Å². The largest absolute Gasteiger partial charge is 0.263 e. The average Bonchev–Trinajstić information content (AvgIpc) is 2.62. The van der Waals surface area contributed by atoms with E-state index < -0.39 is 10.0 Å². The van der Waals surface area contributed by atoms with Crippen LogP contribution in [-0.2, 0) is 10.0 Å². The molecular weight excluding hydrogens is 336 g/mol. The zero-order chi connectivity index (χ0) is 13.3. The first-order valence-electron chi connectivity index (χ1n) is 5.10. The first-order chi connectivity index (χ1) is 8.38. The van der Waals surface area contributed by atoms with Gasteiger partial charge in [0.2, 0.25) is 0 Å². The molecule has 0 amide bonds. The number of nitrogens with one attached hydrogen (secondary N) is 1. The zero-order valence-corrected chi connectivity index (χ0v) is 13.0. The van der Waals surface area contributed by atoms with Gasteiger partial charge in [-0.25, -0.2) is 13.4 Å². The Kier molecular flexibility index (Phi) is 3.74. The van der Waals surface area contributed by atoms with Gasteiger partial charge in [-0.3, -0.25) is 4.72 Å². The van der Waals surface area contributed by atoms with E-state index in [9.17, 15) is 8.42 Å². The lowest BCUT2D eigenvalue weighted by Crippen LogP contribution is -2.14. The highest BCUT2D eigenvalue weighted by Gasteiger charge is 2.18. The molecule has 0 saturated heterocycles. The molecule has 0 atom stereocenters. The topological polar surface area (TPSA) is 59.1 Å². The van der Waals surface area contributed by atoms with E-state index in [4.69, 9.17) is 0 Å². The average molecular weight is 347 g/mol. The summed E-state index contributed by atoms with van der Waals surface area (Å²) in [6, 6.07) is 5.22. The summed E-state index contributed by atoms with van der Waals surface area (Å²) in [6.07, 6.45) is 1.56. The normalized spacial score (nSPS) is 11.5. The number of sulfonamides is 1. The van der Waals surface area contributed by atoms with Crippen LogP contribution in [0.3, 0.4) is 0 Å². The molecule has 2 rings (SSSR count). The Labute approximate surface area is 118 Å². The minimum Gasteiger partial charge on any atom is -0.255 e. The molecule has 0 aliphatic heterocycles. The van der Waals surface area contributed by atoms with Gasteiger partial charge in [-0.05, 0) is 41.4 Å². The second-order valence-corrected chi connectivity index (χ2v) is 7.90. The predicted octanol–water partition coefficient (Wildman–Crippen LogP) is 3.32. The number of aromatic nitrogens is 1. The number of aryl methyl sites for hydroxylation is 2. The van der Waals surface area contributed by atoms with Crippen molar-refractivity contribution in [2.45, 2.75) is 18.7 Å². The number of halogens is 1. The Morgan fingerprint density at radius 1 is 1.33 bits per heavy atom. The molecule has 7 heteroatoms. The molecule has 0 aliphatic carbocycles. The Balaban J connectivity index is 2.36. The first-order valence-corrected chi connectivity index (χ1v) is 8.19. The molecular formula is C11H11BrN2O2S2. The highest BCUT2D eigenvalue weighted by molar-refractivity contribution is 9.11. The Morgan fingerprint density at radius 2 is 2.06 bits per heavy atom. The second kappa shape index (κ2) is 4.99. The number of hydrogen-bond donors (Lipinski definition) is 1. The molecule has 0 aliphatic rings. The van der Waals surface area contributed by atoms with Crippen LogP contribution in [-0.4, -0.2) is 13.4 Å². The number of rotatable bonds is 3. The third-order valence-corrected chi connectivity index (χ3v) is 5.34. The highest BCUT2D eigenvalue weighted by atomic mass is 79.9. The maximum absolute atomic E-state index is 12.2. The van der Waals surface area contributed by atoms with Crippen molar-refractivity contribution in [3.63, 3.8) is 0 Å². The molecule has 0 radical (unpaired) electrons. The van der Waals surface area contributed by atoms with Gasteiger partial charge < -0.3 is 0 Å². The number of anilines is 1. The summed E-state index contributed by atoms with van der Waals surface area (Å²) in [6.45, 7) is 3.70. The fourth-order valence-corrected chi connectivity index (χ4v) is 4.15. The molecule has 4 nitrogen and oxygen atoms in total. The van der Waals surface area contributed by atoms with Crippen LogP contribution < -0.4 is 4.72 Å². The number of nitrogens with zero attached hydrogens (tertiary/aromatic N) is 1. The minimum atomic E-state index is -3.57. The van der Waals surface area contributed by atoms with Gasteiger partial charge in [0.05, 0.1) is 14.9 Å². The Hall–Kier alpha value is -0.920. The molecule has 1 aromatic carbocycles. The van der Waals surface area contributed by atoms with Crippen molar-refractivity contribution in [2.75, 3.05) is 4.72 Å². The summed E-state index contributed by atoms with van der Waals surface area (Å²) in [5, 5.41) is 0.349. The summed E-state index contributed by atoms with van der Waals surface area (Å²) < 4.78 is 27.6. The molecule has 1 aromatic heterocycles. The van der Waals surface area contributed by atoms with Gasteiger partial charge in [0.25, 0.3) is 10.0 Å². The zero-order valence-electron chi connectivity index (χ0n) is 9.77. The molecule has 2 aromatic rings. The Morgan fingerprint density at radius 3 is 2.61 bits per heavy atom. The number of benzene rings is 1. The lowest BCUT2D eigenvalue weighted by atomic mass is 10.2. The molecule has 1 N–H and O–H groups in total. The number of thiazole rings is 1. The van der Waals surface area contributed by atoms with E-state index in [1.54, 1.807) is 25.3 Å². The van der Waals surface area contributed by atoms with Crippen LogP contribution in [0.5, 0.6) is 0 Å². The molecule has 0 bridgehead atoms. The van der Waals surface area contributed by atoms with Gasteiger partial charge in [0.1, 0.15) is 0 Å². The smallest absolute Gasteiger partial charge is 0.255 e. The van der Waals surface area contributed by atoms with Crippen molar-refractivity contribution >= 4 is 42.4 Å².